The highest BCUT2D eigenvalue weighted by Gasteiger charge is 2.28. The van der Waals surface area contributed by atoms with Gasteiger partial charge in [0.1, 0.15) is 12.4 Å². The first-order valence-corrected chi connectivity index (χ1v) is 10.6. The number of para-hydroxylation sites is 1. The lowest BCUT2D eigenvalue weighted by molar-refractivity contribution is -0.119. The van der Waals surface area contributed by atoms with Gasteiger partial charge in [0.2, 0.25) is 0 Å². The lowest BCUT2D eigenvalue weighted by Crippen LogP contribution is -2.40. The Morgan fingerprint density at radius 2 is 1.63 bits per heavy atom. The number of benzene rings is 3. The summed E-state index contributed by atoms with van der Waals surface area (Å²) in [7, 11) is -4.19. The Bertz CT molecular complexity index is 1150. The Morgan fingerprint density at radius 3 is 2.30 bits per heavy atom. The largest absolute Gasteiger partial charge is 0.271 e. The van der Waals surface area contributed by atoms with Crippen LogP contribution in [0.5, 0.6) is 0 Å². The van der Waals surface area contributed by atoms with E-state index in [1.165, 1.54) is 36.5 Å². The predicted octanol–water partition coefficient (Wildman–Crippen LogP) is 3.82. The van der Waals surface area contributed by atoms with E-state index in [0.717, 1.165) is 6.07 Å². The number of hydrogen-bond donors (Lipinski definition) is 1. The van der Waals surface area contributed by atoms with Gasteiger partial charge < -0.3 is 0 Å². The van der Waals surface area contributed by atoms with Gasteiger partial charge in [0.15, 0.2) is 0 Å². The van der Waals surface area contributed by atoms with Gasteiger partial charge in [-0.15, -0.1) is 0 Å². The van der Waals surface area contributed by atoms with Crippen LogP contribution in [0.4, 0.5) is 10.1 Å². The van der Waals surface area contributed by atoms with Crippen molar-refractivity contribution in [1.29, 1.82) is 0 Å². The topological polar surface area (TPSA) is 78.8 Å². The van der Waals surface area contributed by atoms with Crippen LogP contribution in [-0.4, -0.2) is 27.1 Å². The zero-order valence-electron chi connectivity index (χ0n) is 15.6. The molecule has 0 unspecified atom stereocenters. The molecular formula is C21H17ClFN3O3S. The standard InChI is InChI=1S/C21H17ClFN3O3S/c22-17-12-10-16(11-13-17)14-24-25-21(27)15-26(20-9-5-4-8-19(20)23)30(28,29)18-6-2-1-3-7-18/h1-14H,15H2,(H,25,27)/b24-14-. The number of carbonyl (C=O) groups excluding carboxylic acids is 1. The quantitative estimate of drug-likeness (QED) is 0.443. The smallest absolute Gasteiger partial charge is 0.264 e. The van der Waals surface area contributed by atoms with Crippen molar-refractivity contribution in [1.82, 2.24) is 5.43 Å². The average molecular weight is 446 g/mol. The van der Waals surface area contributed by atoms with Crippen molar-refractivity contribution in [2.24, 2.45) is 5.10 Å². The van der Waals surface area contributed by atoms with Crippen LogP contribution in [-0.2, 0) is 14.8 Å². The normalized spacial score (nSPS) is 11.4. The molecule has 0 spiro atoms. The lowest BCUT2D eigenvalue weighted by Gasteiger charge is -2.24. The van der Waals surface area contributed by atoms with Gasteiger partial charge in [-0.2, -0.15) is 5.10 Å². The maximum atomic E-state index is 14.4. The van der Waals surface area contributed by atoms with E-state index < -0.39 is 28.3 Å². The van der Waals surface area contributed by atoms with Crippen molar-refractivity contribution in [3.05, 3.63) is 95.3 Å². The summed E-state index contributed by atoms with van der Waals surface area (Å²) >= 11 is 5.81. The van der Waals surface area contributed by atoms with Crippen LogP contribution in [0.3, 0.4) is 0 Å². The number of sulfonamides is 1. The van der Waals surface area contributed by atoms with Crippen LogP contribution in [0.25, 0.3) is 0 Å². The third-order valence-electron chi connectivity index (χ3n) is 4.01. The predicted molar refractivity (Wildman–Crippen MR) is 115 cm³/mol. The fraction of sp³-hybridized carbons (Fsp3) is 0.0476. The summed E-state index contributed by atoms with van der Waals surface area (Å²) in [6.07, 6.45) is 1.38. The first-order valence-electron chi connectivity index (χ1n) is 8.78. The second-order valence-corrected chi connectivity index (χ2v) is 8.42. The zero-order chi connectivity index (χ0) is 21.6. The summed E-state index contributed by atoms with van der Waals surface area (Å²) in [6.45, 7) is -0.657. The van der Waals surface area contributed by atoms with E-state index >= 15 is 0 Å². The molecule has 6 nitrogen and oxygen atoms in total. The van der Waals surface area contributed by atoms with Gasteiger partial charge in [0.25, 0.3) is 15.9 Å². The van der Waals surface area contributed by atoms with E-state index in [0.29, 0.717) is 14.9 Å². The van der Waals surface area contributed by atoms with E-state index in [2.05, 4.69) is 10.5 Å². The van der Waals surface area contributed by atoms with E-state index in [1.54, 1.807) is 42.5 Å². The first kappa shape index (κ1) is 21.5. The van der Waals surface area contributed by atoms with Crippen molar-refractivity contribution in [3.8, 4) is 0 Å². The zero-order valence-corrected chi connectivity index (χ0v) is 17.1. The fourth-order valence-electron chi connectivity index (χ4n) is 2.57. The van der Waals surface area contributed by atoms with Crippen molar-refractivity contribution in [2.45, 2.75) is 4.90 Å². The summed E-state index contributed by atoms with van der Waals surface area (Å²) in [5, 5.41) is 4.37. The van der Waals surface area contributed by atoms with Gasteiger partial charge in [-0.3, -0.25) is 9.10 Å². The average Bonchev–Trinajstić information content (AvgIpc) is 2.75. The molecule has 3 aromatic rings. The Hall–Kier alpha value is -3.23. The number of nitrogens with one attached hydrogen (secondary N) is 1. The molecule has 0 saturated carbocycles. The number of anilines is 1. The number of halogens is 2. The van der Waals surface area contributed by atoms with E-state index in [9.17, 15) is 17.6 Å². The SMILES string of the molecule is O=C(CN(c1ccccc1F)S(=O)(=O)c1ccccc1)N/N=C\c1ccc(Cl)cc1. The van der Waals surface area contributed by atoms with Gasteiger partial charge in [0, 0.05) is 5.02 Å². The van der Waals surface area contributed by atoms with Crippen LogP contribution in [0.2, 0.25) is 5.02 Å². The minimum atomic E-state index is -4.19. The van der Waals surface area contributed by atoms with Gasteiger partial charge in [0.05, 0.1) is 16.8 Å². The Kier molecular flexibility index (Phi) is 6.81. The Balaban J connectivity index is 1.83. The number of carbonyl (C=O) groups is 1. The molecule has 1 N–H and O–H groups in total. The van der Waals surface area contributed by atoms with Gasteiger partial charge in [-0.25, -0.2) is 18.2 Å². The Morgan fingerprint density at radius 1 is 1.00 bits per heavy atom. The van der Waals surface area contributed by atoms with Crippen LogP contribution >= 0.6 is 11.6 Å². The molecule has 0 bridgehead atoms. The molecule has 0 fully saturated rings. The van der Waals surface area contributed by atoms with Crippen LogP contribution in [0, 0.1) is 5.82 Å². The first-order chi connectivity index (χ1) is 14.4. The molecule has 0 aliphatic carbocycles. The summed E-state index contributed by atoms with van der Waals surface area (Å²) in [4.78, 5) is 12.3. The highest BCUT2D eigenvalue weighted by molar-refractivity contribution is 7.92. The molecule has 154 valence electrons. The minimum Gasteiger partial charge on any atom is -0.271 e. The molecule has 9 heteroatoms. The molecule has 0 aliphatic rings. The second-order valence-electron chi connectivity index (χ2n) is 6.12. The van der Waals surface area contributed by atoms with E-state index in [1.807, 2.05) is 0 Å². The molecule has 3 aromatic carbocycles. The summed E-state index contributed by atoms with van der Waals surface area (Å²) in [6, 6.07) is 19.6. The molecule has 0 radical (unpaired) electrons. The highest BCUT2D eigenvalue weighted by Crippen LogP contribution is 2.25. The third kappa shape index (κ3) is 5.22. The molecule has 0 saturated heterocycles. The number of hydrazone groups is 1. The van der Waals surface area contributed by atoms with Gasteiger partial charge >= 0.3 is 0 Å². The summed E-state index contributed by atoms with van der Waals surface area (Å²) in [5.74, 6) is -1.50. The molecule has 3 rings (SSSR count). The molecule has 0 aromatic heterocycles. The Labute approximate surface area is 178 Å². The van der Waals surface area contributed by atoms with Gasteiger partial charge in [-0.05, 0) is 42.0 Å². The second kappa shape index (κ2) is 9.51. The van der Waals surface area contributed by atoms with Crippen molar-refractivity contribution in [3.63, 3.8) is 0 Å². The number of hydrogen-bond acceptors (Lipinski definition) is 4. The van der Waals surface area contributed by atoms with Crippen LogP contribution in [0.1, 0.15) is 5.56 Å². The maximum absolute atomic E-state index is 14.4. The van der Waals surface area contributed by atoms with Crippen LogP contribution < -0.4 is 9.73 Å². The molecule has 0 atom stereocenters. The number of nitrogens with zero attached hydrogens (tertiary/aromatic N) is 2. The van der Waals surface area contributed by atoms with Gasteiger partial charge in [-0.1, -0.05) is 54.1 Å². The summed E-state index contributed by atoms with van der Waals surface area (Å²) < 4.78 is 41.2. The van der Waals surface area contributed by atoms with Crippen LogP contribution in [0.15, 0.2) is 88.9 Å². The van der Waals surface area contributed by atoms with Crippen molar-refractivity contribution < 1.29 is 17.6 Å². The van der Waals surface area contributed by atoms with E-state index in [-0.39, 0.29) is 10.6 Å². The molecule has 30 heavy (non-hydrogen) atoms. The number of amides is 1. The molecular weight excluding hydrogens is 429 g/mol. The molecule has 0 aliphatic heterocycles. The monoisotopic (exact) mass is 445 g/mol. The van der Waals surface area contributed by atoms with E-state index in [4.69, 9.17) is 11.6 Å². The van der Waals surface area contributed by atoms with Crippen molar-refractivity contribution >= 4 is 39.4 Å². The maximum Gasteiger partial charge on any atom is 0.264 e. The lowest BCUT2D eigenvalue weighted by atomic mass is 10.2. The summed E-state index contributed by atoms with van der Waals surface area (Å²) in [5.41, 5.74) is 2.70. The minimum absolute atomic E-state index is 0.0641. The molecule has 0 heterocycles. The fourth-order valence-corrected chi connectivity index (χ4v) is 4.14. The molecule has 1 amide bonds. The number of rotatable bonds is 7. The third-order valence-corrected chi connectivity index (χ3v) is 6.04. The van der Waals surface area contributed by atoms with Crippen molar-refractivity contribution in [2.75, 3.05) is 10.8 Å². The highest BCUT2D eigenvalue weighted by atomic mass is 35.5.